The first-order valence-electron chi connectivity index (χ1n) is 12.9. The number of benzene rings is 3. The number of Topliss-reactive ketones (excluding diaryl/α,β-unsaturated/α-hetero) is 1. The average Bonchev–Trinajstić information content (AvgIpc) is 3.69. The molecule has 0 saturated carbocycles. The molecule has 9 nitrogen and oxygen atoms in total. The van der Waals surface area contributed by atoms with Crippen molar-refractivity contribution in [1.82, 2.24) is 14.6 Å². The highest BCUT2D eigenvalue weighted by Crippen LogP contribution is 2.37. The van der Waals surface area contributed by atoms with Crippen molar-refractivity contribution in [2.45, 2.75) is 13.0 Å². The number of furan rings is 1. The van der Waals surface area contributed by atoms with Gasteiger partial charge in [-0.25, -0.2) is 9.50 Å². The minimum Gasteiger partial charge on any atom is -0.496 e. The van der Waals surface area contributed by atoms with Gasteiger partial charge in [0.25, 0.3) is 5.19 Å². The number of carbonyl (C=O) groups is 1. The van der Waals surface area contributed by atoms with Gasteiger partial charge in [0.1, 0.15) is 29.4 Å². The molecule has 10 heteroatoms. The molecule has 3 aromatic heterocycles. The third-order valence-corrected chi connectivity index (χ3v) is 7.60. The van der Waals surface area contributed by atoms with Crippen LogP contribution < -0.4 is 19.1 Å². The molecule has 3 heterocycles. The molecule has 41 heavy (non-hydrogen) atoms. The molecular formula is C31H28N4O5S. The van der Waals surface area contributed by atoms with Gasteiger partial charge in [-0.3, -0.25) is 4.79 Å². The SMILES string of the molecule is COc1cc(OCc2cccc(CC(=O)c3ccc(N(C)C)cc3)c2)c2cc(-c3cn4nc(OC)sc4n3)oc2c1. The summed E-state index contributed by atoms with van der Waals surface area (Å²) in [7, 11) is 7.13. The van der Waals surface area contributed by atoms with Crippen LogP contribution in [0.3, 0.4) is 0 Å². The van der Waals surface area contributed by atoms with Crippen LogP contribution >= 0.6 is 11.3 Å². The average molecular weight is 569 g/mol. The molecule has 0 aliphatic carbocycles. The zero-order valence-electron chi connectivity index (χ0n) is 23.1. The molecule has 0 spiro atoms. The Morgan fingerprint density at radius 2 is 1.80 bits per heavy atom. The van der Waals surface area contributed by atoms with Crippen LogP contribution in [0.25, 0.3) is 27.4 Å². The summed E-state index contributed by atoms with van der Waals surface area (Å²) >= 11 is 1.35. The molecule has 0 radical (unpaired) electrons. The smallest absolute Gasteiger partial charge is 0.294 e. The Morgan fingerprint density at radius 3 is 2.54 bits per heavy atom. The quantitative estimate of drug-likeness (QED) is 0.178. The Hall–Kier alpha value is -4.83. The summed E-state index contributed by atoms with van der Waals surface area (Å²) < 4.78 is 24.8. The lowest BCUT2D eigenvalue weighted by Crippen LogP contribution is -2.09. The Balaban J connectivity index is 1.20. The van der Waals surface area contributed by atoms with Gasteiger partial charge in [-0.2, -0.15) is 0 Å². The highest BCUT2D eigenvalue weighted by Gasteiger charge is 2.17. The van der Waals surface area contributed by atoms with Crippen molar-refractivity contribution in [3.8, 4) is 28.1 Å². The second kappa shape index (κ2) is 11.0. The molecule has 0 aliphatic heterocycles. The number of hydrogen-bond acceptors (Lipinski definition) is 9. The minimum absolute atomic E-state index is 0.0709. The number of nitrogens with zero attached hydrogens (tertiary/aromatic N) is 4. The van der Waals surface area contributed by atoms with E-state index in [2.05, 4.69) is 10.1 Å². The molecule has 0 atom stereocenters. The molecular weight excluding hydrogens is 540 g/mol. The summed E-state index contributed by atoms with van der Waals surface area (Å²) in [5, 5.41) is 5.67. The van der Waals surface area contributed by atoms with E-state index in [0.717, 1.165) is 22.2 Å². The van der Waals surface area contributed by atoms with E-state index in [-0.39, 0.29) is 5.78 Å². The highest BCUT2D eigenvalue weighted by atomic mass is 32.1. The Kier molecular flexibility index (Phi) is 7.07. The van der Waals surface area contributed by atoms with Crippen molar-refractivity contribution in [3.05, 3.63) is 89.6 Å². The number of hydrogen-bond donors (Lipinski definition) is 0. The van der Waals surface area contributed by atoms with Gasteiger partial charge in [-0.15, -0.1) is 5.10 Å². The summed E-state index contributed by atoms with van der Waals surface area (Å²) in [6.45, 7) is 0.312. The van der Waals surface area contributed by atoms with Gasteiger partial charge in [-0.05, 0) is 52.8 Å². The first-order valence-corrected chi connectivity index (χ1v) is 13.7. The normalized spacial score (nSPS) is 11.2. The van der Waals surface area contributed by atoms with E-state index in [1.807, 2.05) is 85.7 Å². The van der Waals surface area contributed by atoms with Crippen LogP contribution in [0.2, 0.25) is 0 Å². The molecule has 208 valence electrons. The number of methoxy groups -OCH3 is 2. The van der Waals surface area contributed by atoms with Crippen LogP contribution in [0.5, 0.6) is 16.7 Å². The third-order valence-electron chi connectivity index (χ3n) is 6.72. The molecule has 0 unspecified atom stereocenters. The van der Waals surface area contributed by atoms with Gasteiger partial charge in [0.05, 0.1) is 25.8 Å². The van der Waals surface area contributed by atoms with E-state index in [1.165, 1.54) is 11.3 Å². The second-order valence-electron chi connectivity index (χ2n) is 9.72. The Labute approximate surface area is 240 Å². The third kappa shape index (κ3) is 5.46. The number of rotatable bonds is 10. The molecule has 6 rings (SSSR count). The van der Waals surface area contributed by atoms with Gasteiger partial charge < -0.3 is 23.5 Å². The lowest BCUT2D eigenvalue weighted by Gasteiger charge is -2.12. The number of imidazole rings is 1. The summed E-state index contributed by atoms with van der Waals surface area (Å²) in [5.41, 5.74) is 4.90. The van der Waals surface area contributed by atoms with Crippen molar-refractivity contribution in [1.29, 1.82) is 0 Å². The predicted octanol–water partition coefficient (Wildman–Crippen LogP) is 6.29. The number of carbonyl (C=O) groups excluding carboxylic acids is 1. The first-order chi connectivity index (χ1) is 19.9. The molecule has 0 fully saturated rings. The second-order valence-corrected chi connectivity index (χ2v) is 10.6. The summed E-state index contributed by atoms with van der Waals surface area (Å²) in [5.74, 6) is 1.90. The van der Waals surface area contributed by atoms with Gasteiger partial charge in [0, 0.05) is 43.9 Å². The topological polar surface area (TPSA) is 91.3 Å². The van der Waals surface area contributed by atoms with Gasteiger partial charge in [0.2, 0.25) is 4.96 Å². The van der Waals surface area contributed by atoms with Crippen LogP contribution in [-0.4, -0.2) is 48.7 Å². The highest BCUT2D eigenvalue weighted by molar-refractivity contribution is 7.18. The van der Waals surface area contributed by atoms with Crippen LogP contribution in [-0.2, 0) is 13.0 Å². The van der Waals surface area contributed by atoms with E-state index < -0.39 is 0 Å². The Morgan fingerprint density at radius 1 is 1.00 bits per heavy atom. The van der Waals surface area contributed by atoms with Crippen molar-refractivity contribution in [3.63, 3.8) is 0 Å². The van der Waals surface area contributed by atoms with Crippen LogP contribution in [0.1, 0.15) is 21.5 Å². The van der Waals surface area contributed by atoms with E-state index in [4.69, 9.17) is 18.6 Å². The molecule has 0 aliphatic rings. The van der Waals surface area contributed by atoms with Crippen molar-refractivity contribution >= 4 is 38.7 Å². The van der Waals surface area contributed by atoms with Gasteiger partial charge >= 0.3 is 0 Å². The summed E-state index contributed by atoms with van der Waals surface area (Å²) in [6.07, 6.45) is 2.11. The Bertz CT molecular complexity index is 1820. The molecule has 0 amide bonds. The minimum atomic E-state index is 0.0709. The maximum atomic E-state index is 12.9. The maximum absolute atomic E-state index is 12.9. The van der Waals surface area contributed by atoms with Crippen LogP contribution in [0.15, 0.2) is 77.3 Å². The zero-order chi connectivity index (χ0) is 28.5. The number of ketones is 1. The summed E-state index contributed by atoms with van der Waals surface area (Å²) in [4.78, 5) is 20.2. The number of anilines is 1. The van der Waals surface area contributed by atoms with Crippen molar-refractivity contribution in [2.24, 2.45) is 0 Å². The molecule has 0 saturated heterocycles. The summed E-state index contributed by atoms with van der Waals surface area (Å²) in [6, 6.07) is 21.1. The number of aromatic nitrogens is 3. The fourth-order valence-electron chi connectivity index (χ4n) is 4.55. The largest absolute Gasteiger partial charge is 0.496 e. The van der Waals surface area contributed by atoms with Crippen LogP contribution in [0, 0.1) is 0 Å². The van der Waals surface area contributed by atoms with Crippen molar-refractivity contribution < 1.29 is 23.4 Å². The molecule has 0 bridgehead atoms. The van der Waals surface area contributed by atoms with Gasteiger partial charge in [-0.1, -0.05) is 24.3 Å². The monoisotopic (exact) mass is 568 g/mol. The lowest BCUT2D eigenvalue weighted by atomic mass is 10.0. The van der Waals surface area contributed by atoms with Crippen molar-refractivity contribution in [2.75, 3.05) is 33.2 Å². The standard InChI is InChI=1S/C31H28N4O5S/c1-34(2)22-10-8-21(9-11-22)26(36)13-19-6-5-7-20(12-19)18-39-27-14-23(37-3)15-28-24(27)16-29(40-28)25-17-35-30(32-25)41-31(33-35)38-4/h5-12,14-17H,13,18H2,1-4H3. The van der Waals surface area contributed by atoms with Gasteiger partial charge in [0.15, 0.2) is 11.5 Å². The number of ether oxygens (including phenoxy) is 3. The van der Waals surface area contributed by atoms with E-state index in [0.29, 0.717) is 57.3 Å². The molecule has 6 aromatic rings. The molecule has 3 aromatic carbocycles. The van der Waals surface area contributed by atoms with E-state index in [9.17, 15) is 4.79 Å². The zero-order valence-corrected chi connectivity index (χ0v) is 23.9. The predicted molar refractivity (Wildman–Crippen MR) is 159 cm³/mol. The van der Waals surface area contributed by atoms with E-state index in [1.54, 1.807) is 24.9 Å². The van der Waals surface area contributed by atoms with E-state index >= 15 is 0 Å². The lowest BCUT2D eigenvalue weighted by molar-refractivity contribution is 0.0993. The fourth-order valence-corrected chi connectivity index (χ4v) is 5.25. The first kappa shape index (κ1) is 26.4. The molecule has 0 N–H and O–H groups in total. The fraction of sp³-hybridized carbons (Fsp3) is 0.194. The maximum Gasteiger partial charge on any atom is 0.294 e. The van der Waals surface area contributed by atoms with Crippen LogP contribution in [0.4, 0.5) is 5.69 Å². The number of fused-ring (bicyclic) bond motifs is 2.